The third-order valence-electron chi connectivity index (χ3n) is 2.31. The molecule has 0 fully saturated rings. The summed E-state index contributed by atoms with van der Waals surface area (Å²) in [4.78, 5) is 19.9. The van der Waals surface area contributed by atoms with Crippen LogP contribution in [0.15, 0.2) is 23.4 Å². The van der Waals surface area contributed by atoms with Gasteiger partial charge < -0.3 is 13.7 Å². The maximum absolute atomic E-state index is 11.6. The molecule has 0 saturated carbocycles. The molecule has 0 aliphatic heterocycles. The molecule has 0 aromatic carbocycles. The maximum atomic E-state index is 11.6. The number of hydrogen-bond acceptors (Lipinski definition) is 5. The number of imidazole rings is 1. The van der Waals surface area contributed by atoms with Gasteiger partial charge in [0.25, 0.3) is 5.89 Å². The number of oxazole rings is 1. The molecule has 0 N–H and O–H groups in total. The van der Waals surface area contributed by atoms with Crippen LogP contribution >= 0.6 is 0 Å². The van der Waals surface area contributed by atoms with Gasteiger partial charge in [-0.3, -0.25) is 0 Å². The third-order valence-corrected chi connectivity index (χ3v) is 2.31. The van der Waals surface area contributed by atoms with E-state index in [2.05, 4.69) is 16.5 Å². The van der Waals surface area contributed by atoms with E-state index in [1.807, 2.05) is 0 Å². The van der Waals surface area contributed by atoms with Gasteiger partial charge in [-0.1, -0.05) is 6.58 Å². The van der Waals surface area contributed by atoms with Crippen LogP contribution < -0.4 is 0 Å². The summed E-state index contributed by atoms with van der Waals surface area (Å²) in [6.07, 6.45) is 4.89. The Morgan fingerprint density at radius 2 is 2.44 bits per heavy atom. The highest BCUT2D eigenvalue weighted by Crippen LogP contribution is 2.21. The summed E-state index contributed by atoms with van der Waals surface area (Å²) in [6, 6.07) is 0. The van der Waals surface area contributed by atoms with Gasteiger partial charge in [-0.05, 0) is 13.8 Å². The van der Waals surface area contributed by atoms with E-state index < -0.39 is 5.97 Å². The highest BCUT2D eigenvalue weighted by Gasteiger charge is 2.21. The molecule has 0 aliphatic rings. The Morgan fingerprint density at radius 1 is 1.67 bits per heavy atom. The lowest BCUT2D eigenvalue weighted by atomic mass is 10.4. The van der Waals surface area contributed by atoms with E-state index in [1.54, 1.807) is 37.0 Å². The molecule has 2 heterocycles. The van der Waals surface area contributed by atoms with Gasteiger partial charge in [0, 0.05) is 18.6 Å². The first-order valence-corrected chi connectivity index (χ1v) is 5.47. The molecule has 6 nitrogen and oxygen atoms in total. The fourth-order valence-electron chi connectivity index (χ4n) is 1.50. The molecule has 2 aromatic rings. The molecule has 18 heavy (non-hydrogen) atoms. The zero-order valence-corrected chi connectivity index (χ0v) is 10.2. The minimum atomic E-state index is -0.523. The van der Waals surface area contributed by atoms with E-state index in [1.165, 1.54) is 0 Å². The first-order valence-electron chi connectivity index (χ1n) is 5.47. The lowest BCUT2D eigenvalue weighted by Crippen LogP contribution is -2.04. The van der Waals surface area contributed by atoms with Gasteiger partial charge in [0.05, 0.1) is 12.3 Å². The number of aryl methyl sites for hydroxylation is 1. The zero-order valence-electron chi connectivity index (χ0n) is 10.2. The van der Waals surface area contributed by atoms with Crippen molar-refractivity contribution in [3.63, 3.8) is 0 Å². The molecule has 2 aromatic heterocycles. The van der Waals surface area contributed by atoms with Gasteiger partial charge in [-0.25, -0.2) is 14.8 Å². The first kappa shape index (κ1) is 12.1. The molecule has 0 atom stereocenters. The maximum Gasteiger partial charge on any atom is 0.376 e. The molecular weight excluding hydrogens is 234 g/mol. The van der Waals surface area contributed by atoms with Crippen molar-refractivity contribution in [2.75, 3.05) is 6.61 Å². The van der Waals surface area contributed by atoms with Gasteiger partial charge >= 0.3 is 5.97 Å². The zero-order chi connectivity index (χ0) is 13.1. The second-order valence-electron chi connectivity index (χ2n) is 3.49. The van der Waals surface area contributed by atoms with Crippen LogP contribution in [0.25, 0.3) is 17.9 Å². The summed E-state index contributed by atoms with van der Waals surface area (Å²) in [5.41, 5.74) is 0.474. The molecule has 6 heteroatoms. The molecule has 94 valence electrons. The number of rotatable bonds is 4. The second kappa shape index (κ2) is 4.87. The molecule has 0 spiro atoms. The Bertz CT molecular complexity index is 583. The molecule has 0 aliphatic carbocycles. The van der Waals surface area contributed by atoms with Gasteiger partial charge in [-0.2, -0.15) is 0 Å². The van der Waals surface area contributed by atoms with Crippen LogP contribution in [0, 0.1) is 6.92 Å². The SMILES string of the molecule is C=Cn1ccnc1-c1nc(C)c(C(=O)OCC)o1. The molecule has 2 rings (SSSR count). The minimum absolute atomic E-state index is 0.102. The van der Waals surface area contributed by atoms with Gasteiger partial charge in [0.1, 0.15) is 0 Å². The molecule has 0 saturated heterocycles. The molecule has 0 unspecified atom stereocenters. The van der Waals surface area contributed by atoms with Crippen LogP contribution in [-0.4, -0.2) is 27.1 Å². The molecule has 0 amide bonds. The van der Waals surface area contributed by atoms with Crippen molar-refractivity contribution < 1.29 is 13.9 Å². The standard InChI is InChI=1S/C12H13N3O3/c1-4-15-7-6-13-10(15)11-14-8(3)9(18-11)12(16)17-5-2/h4,6-7H,1,5H2,2-3H3. The Morgan fingerprint density at radius 3 is 3.11 bits per heavy atom. The van der Waals surface area contributed by atoms with E-state index in [0.29, 0.717) is 11.5 Å². The average molecular weight is 247 g/mol. The first-order chi connectivity index (χ1) is 8.67. The smallest absolute Gasteiger partial charge is 0.376 e. The predicted molar refractivity (Wildman–Crippen MR) is 64.8 cm³/mol. The van der Waals surface area contributed by atoms with Crippen LogP contribution in [0.4, 0.5) is 0 Å². The van der Waals surface area contributed by atoms with Crippen LogP contribution in [0.1, 0.15) is 23.2 Å². The van der Waals surface area contributed by atoms with Crippen LogP contribution in [0.2, 0.25) is 0 Å². The van der Waals surface area contributed by atoms with Crippen molar-refractivity contribution in [3.05, 3.63) is 30.4 Å². The van der Waals surface area contributed by atoms with Crippen molar-refractivity contribution in [3.8, 4) is 11.7 Å². The topological polar surface area (TPSA) is 70.2 Å². The van der Waals surface area contributed by atoms with Crippen LogP contribution in [-0.2, 0) is 4.74 Å². The summed E-state index contributed by atoms with van der Waals surface area (Å²) < 4.78 is 11.9. The monoisotopic (exact) mass is 247 g/mol. The van der Waals surface area contributed by atoms with Crippen molar-refractivity contribution in [1.82, 2.24) is 14.5 Å². The molecule has 0 bridgehead atoms. The van der Waals surface area contributed by atoms with Crippen LogP contribution in [0.3, 0.4) is 0 Å². The number of ether oxygens (including phenoxy) is 1. The highest BCUT2D eigenvalue weighted by atomic mass is 16.5. The number of carbonyl (C=O) groups excluding carboxylic acids is 1. The molecule has 0 radical (unpaired) electrons. The van der Waals surface area contributed by atoms with Crippen molar-refractivity contribution >= 4 is 12.2 Å². The summed E-state index contributed by atoms with van der Waals surface area (Å²) in [7, 11) is 0. The van der Waals surface area contributed by atoms with E-state index in [9.17, 15) is 4.79 Å². The normalized spacial score (nSPS) is 10.3. The number of esters is 1. The Labute approximate surface area is 104 Å². The van der Waals surface area contributed by atoms with E-state index in [4.69, 9.17) is 9.15 Å². The van der Waals surface area contributed by atoms with Gasteiger partial charge in [0.2, 0.25) is 11.6 Å². The van der Waals surface area contributed by atoms with E-state index in [0.717, 1.165) is 0 Å². The summed E-state index contributed by atoms with van der Waals surface area (Å²) in [6.45, 7) is 7.34. The summed E-state index contributed by atoms with van der Waals surface area (Å²) >= 11 is 0. The molecular formula is C12H13N3O3. The van der Waals surface area contributed by atoms with Crippen molar-refractivity contribution in [2.45, 2.75) is 13.8 Å². The summed E-state index contributed by atoms with van der Waals surface area (Å²) in [5.74, 6) is 0.333. The van der Waals surface area contributed by atoms with E-state index >= 15 is 0 Å². The fourth-order valence-corrected chi connectivity index (χ4v) is 1.50. The van der Waals surface area contributed by atoms with Gasteiger partial charge in [-0.15, -0.1) is 0 Å². The lowest BCUT2D eigenvalue weighted by molar-refractivity contribution is 0.0490. The van der Waals surface area contributed by atoms with Gasteiger partial charge in [0.15, 0.2) is 0 Å². The quantitative estimate of drug-likeness (QED) is 0.774. The lowest BCUT2D eigenvalue weighted by Gasteiger charge is -1.98. The third kappa shape index (κ3) is 2.04. The highest BCUT2D eigenvalue weighted by molar-refractivity contribution is 5.87. The largest absolute Gasteiger partial charge is 0.460 e. The number of nitrogens with zero attached hydrogens (tertiary/aromatic N) is 3. The Hall–Kier alpha value is -2.37. The summed E-state index contributed by atoms with van der Waals surface area (Å²) in [5, 5.41) is 0. The second-order valence-corrected chi connectivity index (χ2v) is 3.49. The minimum Gasteiger partial charge on any atom is -0.460 e. The Balaban J connectivity index is 2.40. The number of aromatic nitrogens is 3. The fraction of sp³-hybridized carbons (Fsp3) is 0.250. The predicted octanol–water partition coefficient (Wildman–Crippen LogP) is 2.12. The Kier molecular flexibility index (Phi) is 3.27. The average Bonchev–Trinajstić information content (AvgIpc) is 2.94. The van der Waals surface area contributed by atoms with Crippen molar-refractivity contribution in [1.29, 1.82) is 0 Å². The number of carbonyl (C=O) groups is 1. The number of hydrogen-bond donors (Lipinski definition) is 0. The van der Waals surface area contributed by atoms with E-state index in [-0.39, 0.29) is 18.3 Å². The van der Waals surface area contributed by atoms with Crippen LogP contribution in [0.5, 0.6) is 0 Å². The van der Waals surface area contributed by atoms with Crippen molar-refractivity contribution in [2.24, 2.45) is 0 Å².